The number of rotatable bonds is 6. The van der Waals surface area contributed by atoms with Gasteiger partial charge in [-0.15, -0.1) is 11.3 Å². The molecule has 13 heteroatoms. The quantitative estimate of drug-likeness (QED) is 0.499. The van der Waals surface area contributed by atoms with E-state index in [4.69, 9.17) is 27.9 Å². The van der Waals surface area contributed by atoms with Crippen molar-refractivity contribution in [2.45, 2.75) is 23.5 Å². The van der Waals surface area contributed by atoms with Crippen molar-refractivity contribution in [3.8, 4) is 11.6 Å². The molecule has 3 aromatic rings. The highest BCUT2D eigenvalue weighted by Crippen LogP contribution is 2.34. The van der Waals surface area contributed by atoms with Crippen molar-refractivity contribution in [2.24, 2.45) is 0 Å². The van der Waals surface area contributed by atoms with Crippen molar-refractivity contribution in [3.05, 3.63) is 57.3 Å². The molecule has 0 radical (unpaired) electrons. The minimum absolute atomic E-state index is 0.115. The number of hydrogen-bond donors (Lipinski definition) is 2. The number of allylic oxidation sites excluding steroid dienone is 1. The molecule has 0 fully saturated rings. The Labute approximate surface area is 204 Å². The molecule has 0 atom stereocenters. The molecule has 0 aromatic carbocycles. The third-order valence-electron chi connectivity index (χ3n) is 4.94. The predicted octanol–water partition coefficient (Wildman–Crippen LogP) is 4.05. The zero-order valence-electron chi connectivity index (χ0n) is 17.3. The van der Waals surface area contributed by atoms with Gasteiger partial charge in [0.25, 0.3) is 10.0 Å². The van der Waals surface area contributed by atoms with Gasteiger partial charge >= 0.3 is 6.03 Å². The van der Waals surface area contributed by atoms with Crippen LogP contribution in [-0.4, -0.2) is 42.9 Å². The smallest absolute Gasteiger partial charge is 0.328 e. The van der Waals surface area contributed by atoms with Gasteiger partial charge < -0.3 is 10.1 Å². The number of halogens is 2. The monoisotopic (exact) mass is 527 g/mol. The molecule has 2 N–H and O–H groups in total. The predicted molar refractivity (Wildman–Crippen MR) is 127 cm³/mol. The molecule has 0 saturated heterocycles. The van der Waals surface area contributed by atoms with Gasteiger partial charge in [0.2, 0.25) is 5.88 Å². The number of nitrogens with zero attached hydrogens (tertiary/aromatic N) is 3. The number of aromatic nitrogens is 3. The van der Waals surface area contributed by atoms with Gasteiger partial charge in [-0.25, -0.2) is 27.6 Å². The van der Waals surface area contributed by atoms with Crippen molar-refractivity contribution in [3.63, 3.8) is 0 Å². The number of thiophene rings is 1. The first kappa shape index (κ1) is 23.6. The summed E-state index contributed by atoms with van der Waals surface area (Å²) in [4.78, 5) is 16.4. The average Bonchev–Trinajstić information content (AvgIpc) is 3.38. The van der Waals surface area contributed by atoms with Crippen LogP contribution in [0.1, 0.15) is 24.1 Å². The third kappa shape index (κ3) is 5.16. The topological polar surface area (TPSA) is 115 Å². The Balaban J connectivity index is 1.46. The van der Waals surface area contributed by atoms with Crippen LogP contribution in [-0.2, 0) is 16.4 Å². The zero-order chi connectivity index (χ0) is 23.6. The summed E-state index contributed by atoms with van der Waals surface area (Å²) in [6, 6.07) is 3.97. The molecule has 2 amide bonds. The lowest BCUT2D eigenvalue weighted by molar-refractivity contribution is 0.247. The first-order chi connectivity index (χ1) is 15.8. The van der Waals surface area contributed by atoms with E-state index in [1.807, 2.05) is 27.7 Å². The largest absolute Gasteiger partial charge is 0.481 e. The number of urea groups is 1. The summed E-state index contributed by atoms with van der Waals surface area (Å²) in [6.07, 6.45) is 8.02. The van der Waals surface area contributed by atoms with Gasteiger partial charge in [-0.2, -0.15) is 5.10 Å². The van der Waals surface area contributed by atoms with Crippen molar-refractivity contribution < 1.29 is 17.9 Å². The fourth-order valence-electron chi connectivity index (χ4n) is 3.44. The van der Waals surface area contributed by atoms with E-state index in [1.54, 1.807) is 19.4 Å². The fraction of sp³-hybridized carbons (Fsp3) is 0.250. The van der Waals surface area contributed by atoms with E-state index in [9.17, 15) is 13.2 Å². The van der Waals surface area contributed by atoms with Crippen LogP contribution < -0.4 is 14.8 Å². The van der Waals surface area contributed by atoms with Crippen LogP contribution in [0.5, 0.6) is 5.88 Å². The molecule has 0 unspecified atom stereocenters. The molecule has 0 spiro atoms. The zero-order valence-corrected chi connectivity index (χ0v) is 20.5. The highest BCUT2D eigenvalue weighted by Gasteiger charge is 2.23. The molecule has 0 bridgehead atoms. The average molecular weight is 528 g/mol. The first-order valence-corrected chi connectivity index (χ1v) is 12.9. The summed E-state index contributed by atoms with van der Waals surface area (Å²) in [5.74, 6) is 0.507. The summed E-state index contributed by atoms with van der Waals surface area (Å²) < 4.78 is 33.5. The Morgan fingerprint density at radius 1 is 1.30 bits per heavy atom. The Morgan fingerprint density at radius 3 is 2.79 bits per heavy atom. The van der Waals surface area contributed by atoms with Crippen LogP contribution in [0.3, 0.4) is 0 Å². The summed E-state index contributed by atoms with van der Waals surface area (Å²) in [7, 11) is -2.52. The lowest BCUT2D eigenvalue weighted by Crippen LogP contribution is -2.39. The van der Waals surface area contributed by atoms with Gasteiger partial charge in [-0.05, 0) is 42.5 Å². The number of methoxy groups -OCH3 is 1. The second-order valence-corrected chi connectivity index (χ2v) is 11.0. The Kier molecular flexibility index (Phi) is 6.94. The SMILES string of the molecule is COc1ccc(-n2ncc3c2C(=CCNC(=O)NS(=O)(=O)c2cc(Cl)c(Cl)s2)CCC3)cn1. The summed E-state index contributed by atoms with van der Waals surface area (Å²) in [6.45, 7) is 0.133. The van der Waals surface area contributed by atoms with Crippen LogP contribution in [0.25, 0.3) is 11.3 Å². The Morgan fingerprint density at radius 2 is 2.12 bits per heavy atom. The van der Waals surface area contributed by atoms with Gasteiger partial charge in [-0.3, -0.25) is 0 Å². The lowest BCUT2D eigenvalue weighted by Gasteiger charge is -2.18. The summed E-state index contributed by atoms with van der Waals surface area (Å²) >= 11 is 12.4. The maximum Gasteiger partial charge on any atom is 0.328 e. The van der Waals surface area contributed by atoms with E-state index in [1.165, 1.54) is 6.07 Å². The van der Waals surface area contributed by atoms with Gasteiger partial charge in [0.15, 0.2) is 0 Å². The third-order valence-corrected chi connectivity index (χ3v) is 8.61. The van der Waals surface area contributed by atoms with Crippen LogP contribution in [0.15, 0.2) is 40.9 Å². The van der Waals surface area contributed by atoms with E-state index < -0.39 is 16.1 Å². The van der Waals surface area contributed by atoms with Gasteiger partial charge in [0, 0.05) is 12.6 Å². The molecule has 9 nitrogen and oxygen atoms in total. The number of pyridine rings is 1. The number of carbonyl (C=O) groups excluding carboxylic acids is 1. The number of hydrogen-bond acceptors (Lipinski definition) is 7. The van der Waals surface area contributed by atoms with E-state index in [2.05, 4.69) is 15.4 Å². The van der Waals surface area contributed by atoms with Crippen molar-refractivity contribution in [1.82, 2.24) is 24.8 Å². The van der Waals surface area contributed by atoms with Gasteiger partial charge in [-0.1, -0.05) is 29.3 Å². The minimum atomic E-state index is -4.07. The van der Waals surface area contributed by atoms with Gasteiger partial charge in [0.1, 0.15) is 8.55 Å². The number of ether oxygens (including phenoxy) is 1. The highest BCUT2D eigenvalue weighted by atomic mass is 35.5. The standard InChI is InChI=1S/C20H19Cl2N5O4S2/c1-31-16-6-5-14(11-24-16)27-18-12(3-2-4-13(18)10-25-27)7-8-23-20(28)26-33(29,30)17-9-15(21)19(22)32-17/h5-7,9-11H,2-4,8H2,1H3,(H2,23,26,28). The maximum absolute atomic E-state index is 12.3. The molecular formula is C20H19Cl2N5O4S2. The summed E-state index contributed by atoms with van der Waals surface area (Å²) in [5.41, 5.74) is 3.84. The number of aryl methyl sites for hydroxylation is 1. The number of nitrogens with one attached hydrogen (secondary N) is 2. The fourth-order valence-corrected chi connectivity index (χ4v) is 6.25. The van der Waals surface area contributed by atoms with Crippen LogP contribution in [0.2, 0.25) is 9.36 Å². The number of fused-ring (bicyclic) bond motifs is 1. The van der Waals surface area contributed by atoms with Crippen molar-refractivity contribution in [2.75, 3.05) is 13.7 Å². The van der Waals surface area contributed by atoms with E-state index in [-0.39, 0.29) is 20.1 Å². The molecule has 1 aliphatic rings. The molecule has 3 aromatic heterocycles. The molecule has 4 rings (SSSR count). The first-order valence-electron chi connectivity index (χ1n) is 9.80. The number of carbonyl (C=O) groups is 1. The second kappa shape index (κ2) is 9.72. The lowest BCUT2D eigenvalue weighted by atomic mass is 9.92. The maximum atomic E-state index is 12.3. The molecule has 0 aliphatic heterocycles. The van der Waals surface area contributed by atoms with Crippen LogP contribution >= 0.6 is 34.5 Å². The van der Waals surface area contributed by atoms with Crippen LogP contribution in [0, 0.1) is 0 Å². The molecule has 3 heterocycles. The highest BCUT2D eigenvalue weighted by molar-refractivity contribution is 7.92. The normalized spacial score (nSPS) is 14.7. The molecular weight excluding hydrogens is 509 g/mol. The number of sulfonamides is 1. The minimum Gasteiger partial charge on any atom is -0.481 e. The second-order valence-electron chi connectivity index (χ2n) is 7.07. The van der Waals surface area contributed by atoms with E-state index >= 15 is 0 Å². The summed E-state index contributed by atoms with van der Waals surface area (Å²) in [5, 5.41) is 7.17. The Hall–Kier alpha value is -2.60. The molecule has 0 saturated carbocycles. The Bertz CT molecular complexity index is 1300. The van der Waals surface area contributed by atoms with E-state index in [0.717, 1.165) is 53.1 Å². The molecule has 174 valence electrons. The van der Waals surface area contributed by atoms with E-state index in [0.29, 0.717) is 5.88 Å². The van der Waals surface area contributed by atoms with Crippen molar-refractivity contribution >= 4 is 56.2 Å². The molecule has 33 heavy (non-hydrogen) atoms. The molecule has 1 aliphatic carbocycles. The number of amides is 2. The van der Waals surface area contributed by atoms with Crippen molar-refractivity contribution in [1.29, 1.82) is 0 Å². The van der Waals surface area contributed by atoms with Gasteiger partial charge in [0.05, 0.1) is 35.9 Å². The van der Waals surface area contributed by atoms with Crippen LogP contribution in [0.4, 0.5) is 4.79 Å².